The molecule has 0 aromatic rings. The zero-order chi connectivity index (χ0) is 29.0. The molecule has 0 radical (unpaired) electrons. The Labute approximate surface area is 239 Å². The minimum Gasteiger partial charge on any atom is -0.387 e. The van der Waals surface area contributed by atoms with E-state index in [-0.39, 0.29) is 12.3 Å². The van der Waals surface area contributed by atoms with Gasteiger partial charge in [0, 0.05) is 6.42 Å². The Kier molecular flexibility index (Phi) is 25.4. The van der Waals surface area contributed by atoms with E-state index >= 15 is 0 Å². The van der Waals surface area contributed by atoms with Gasteiger partial charge in [0.2, 0.25) is 5.91 Å². The van der Waals surface area contributed by atoms with E-state index in [0.717, 1.165) is 64.2 Å². The molecule has 7 heteroatoms. The Morgan fingerprint density at radius 1 is 0.667 bits per heavy atom. The molecular weight excluding hydrogens is 510 g/mol. The summed E-state index contributed by atoms with van der Waals surface area (Å²) in [5.41, 5.74) is 0. The van der Waals surface area contributed by atoms with Gasteiger partial charge in [0.05, 0.1) is 17.9 Å². The first-order chi connectivity index (χ1) is 18.8. The van der Waals surface area contributed by atoms with Gasteiger partial charge in [-0.25, -0.2) is 0 Å². The fourth-order valence-corrected chi connectivity index (χ4v) is 4.84. The largest absolute Gasteiger partial charge is 0.387 e. The van der Waals surface area contributed by atoms with Crippen molar-refractivity contribution in [3.63, 3.8) is 0 Å². The lowest BCUT2D eigenvalue weighted by molar-refractivity contribution is -0.122. The predicted molar refractivity (Wildman–Crippen MR) is 165 cm³/mol. The van der Waals surface area contributed by atoms with Crippen molar-refractivity contribution >= 4 is 16.0 Å². The molecule has 3 N–H and O–H groups in total. The normalized spacial score (nSPS) is 14.3. The van der Waals surface area contributed by atoms with Gasteiger partial charge in [-0.15, -0.1) is 0 Å². The Bertz CT molecular complexity index is 801. The van der Waals surface area contributed by atoms with Crippen molar-refractivity contribution in [2.75, 3.05) is 5.75 Å². The van der Waals surface area contributed by atoms with Gasteiger partial charge in [0.15, 0.2) is 0 Å². The van der Waals surface area contributed by atoms with Crippen LogP contribution in [0.5, 0.6) is 0 Å². The third kappa shape index (κ3) is 27.7. The molecule has 0 spiro atoms. The van der Waals surface area contributed by atoms with Gasteiger partial charge in [0.1, 0.15) is 0 Å². The van der Waals surface area contributed by atoms with E-state index in [9.17, 15) is 22.9 Å². The Morgan fingerprint density at radius 2 is 1.13 bits per heavy atom. The summed E-state index contributed by atoms with van der Waals surface area (Å²) in [7, 11) is -4.35. The molecule has 0 heterocycles. The van der Waals surface area contributed by atoms with Gasteiger partial charge in [-0.05, 0) is 64.2 Å². The average molecular weight is 568 g/mol. The summed E-state index contributed by atoms with van der Waals surface area (Å²) in [6.45, 7) is 4.40. The van der Waals surface area contributed by atoms with Crippen molar-refractivity contribution in [2.24, 2.45) is 0 Å². The number of aliphatic hydroxyl groups is 1. The molecule has 0 bridgehead atoms. The van der Waals surface area contributed by atoms with Crippen LogP contribution in [0.3, 0.4) is 0 Å². The zero-order valence-corrected chi connectivity index (χ0v) is 25.6. The van der Waals surface area contributed by atoms with Crippen molar-refractivity contribution in [3.05, 3.63) is 48.6 Å². The summed E-state index contributed by atoms with van der Waals surface area (Å²) in [6.07, 6.45) is 33.8. The van der Waals surface area contributed by atoms with E-state index in [1.807, 2.05) is 0 Å². The molecule has 0 aromatic heterocycles. The Hall–Kier alpha value is -1.70. The highest BCUT2D eigenvalue weighted by molar-refractivity contribution is 7.85. The smallest absolute Gasteiger partial charge is 0.267 e. The van der Waals surface area contributed by atoms with Gasteiger partial charge in [0.25, 0.3) is 10.1 Å². The highest BCUT2D eigenvalue weighted by Gasteiger charge is 2.24. The second-order valence-electron chi connectivity index (χ2n) is 10.4. The van der Waals surface area contributed by atoms with E-state index in [1.165, 1.54) is 38.2 Å². The zero-order valence-electron chi connectivity index (χ0n) is 24.7. The van der Waals surface area contributed by atoms with Crippen molar-refractivity contribution < 1.29 is 22.9 Å². The number of aliphatic hydroxyl groups excluding tert-OH is 1. The van der Waals surface area contributed by atoms with E-state index in [2.05, 4.69) is 55.6 Å². The number of rotatable bonds is 26. The maximum atomic E-state index is 12.3. The molecule has 2 unspecified atom stereocenters. The van der Waals surface area contributed by atoms with Crippen LogP contribution in [0.2, 0.25) is 0 Å². The maximum absolute atomic E-state index is 12.3. The molecule has 0 aliphatic carbocycles. The van der Waals surface area contributed by atoms with Crippen molar-refractivity contribution in [1.29, 1.82) is 0 Å². The van der Waals surface area contributed by atoms with Crippen LogP contribution in [0.1, 0.15) is 129 Å². The van der Waals surface area contributed by atoms with E-state index in [0.29, 0.717) is 12.8 Å². The van der Waals surface area contributed by atoms with Gasteiger partial charge >= 0.3 is 0 Å². The van der Waals surface area contributed by atoms with E-state index < -0.39 is 28.0 Å². The van der Waals surface area contributed by atoms with Crippen molar-refractivity contribution in [2.45, 2.75) is 142 Å². The van der Waals surface area contributed by atoms with Gasteiger partial charge in [-0.2, -0.15) is 8.42 Å². The van der Waals surface area contributed by atoms with Crippen LogP contribution in [0.4, 0.5) is 0 Å². The minimum absolute atomic E-state index is 0.272. The lowest BCUT2D eigenvalue weighted by Crippen LogP contribution is -2.46. The average Bonchev–Trinajstić information content (AvgIpc) is 2.88. The molecular formula is C32H57NO5S. The predicted octanol–water partition coefficient (Wildman–Crippen LogP) is 8.01. The summed E-state index contributed by atoms with van der Waals surface area (Å²) in [4.78, 5) is 12.3. The third-order valence-electron chi connectivity index (χ3n) is 6.46. The molecule has 39 heavy (non-hydrogen) atoms. The molecule has 0 fully saturated rings. The summed E-state index contributed by atoms with van der Waals surface area (Å²) < 4.78 is 32.1. The minimum atomic E-state index is -4.35. The highest BCUT2D eigenvalue weighted by Crippen LogP contribution is 2.10. The molecule has 0 saturated carbocycles. The fourth-order valence-electron chi connectivity index (χ4n) is 4.11. The summed E-state index contributed by atoms with van der Waals surface area (Å²) in [5.74, 6) is -1.03. The quantitative estimate of drug-likeness (QED) is 0.0558. The summed E-state index contributed by atoms with van der Waals surface area (Å²) >= 11 is 0. The van der Waals surface area contributed by atoms with Gasteiger partial charge in [-0.1, -0.05) is 107 Å². The number of unbranched alkanes of at least 4 members (excludes halogenated alkanes) is 12. The maximum Gasteiger partial charge on any atom is 0.267 e. The number of amides is 1. The highest BCUT2D eigenvalue weighted by atomic mass is 32.2. The van der Waals surface area contributed by atoms with Gasteiger partial charge in [-0.3, -0.25) is 9.35 Å². The van der Waals surface area contributed by atoms with Gasteiger partial charge < -0.3 is 10.4 Å². The van der Waals surface area contributed by atoms with Crippen LogP contribution in [0.15, 0.2) is 48.6 Å². The van der Waals surface area contributed by atoms with E-state index in [1.54, 1.807) is 6.08 Å². The number of carbonyl (C=O) groups is 1. The molecule has 0 rings (SSSR count). The molecule has 1 amide bonds. The Morgan fingerprint density at radius 3 is 1.69 bits per heavy atom. The molecule has 0 saturated heterocycles. The van der Waals surface area contributed by atoms with Crippen molar-refractivity contribution in [1.82, 2.24) is 5.32 Å². The summed E-state index contributed by atoms with van der Waals surface area (Å²) in [5, 5.41) is 13.0. The first kappa shape index (κ1) is 37.3. The lowest BCUT2D eigenvalue weighted by atomic mass is 10.1. The number of hydrogen-bond donors (Lipinski definition) is 3. The third-order valence-corrected chi connectivity index (χ3v) is 7.24. The molecule has 0 aliphatic heterocycles. The fraction of sp³-hybridized carbons (Fsp3) is 0.719. The number of nitrogens with one attached hydrogen (secondary N) is 1. The van der Waals surface area contributed by atoms with Crippen LogP contribution in [0, 0.1) is 0 Å². The molecule has 0 aliphatic rings. The van der Waals surface area contributed by atoms with E-state index in [4.69, 9.17) is 0 Å². The second kappa shape index (κ2) is 26.5. The standard InChI is InChI=1S/C32H57NO5S/c1-3-5-7-9-11-13-15-16-18-19-21-23-25-27-31(34)30(29-39(36,37)38)33-32(35)28-26-24-22-20-17-14-12-10-8-6-4-2/h10-13,18-19,25,27,30-31,34H,3-9,14-17,20-24,26,28-29H2,1-2H3,(H,33,35)(H,36,37,38)/b12-10-,13-11+,19-18+,27-25+. The molecule has 2 atom stereocenters. The number of hydrogen-bond acceptors (Lipinski definition) is 4. The van der Waals surface area contributed by atoms with Crippen LogP contribution < -0.4 is 5.32 Å². The Balaban J connectivity index is 4.22. The topological polar surface area (TPSA) is 104 Å². The first-order valence-electron chi connectivity index (χ1n) is 15.3. The lowest BCUT2D eigenvalue weighted by Gasteiger charge is -2.21. The SMILES string of the molecule is CCCC/C=C\CCCCCCCC(=O)NC(CS(=O)(=O)O)C(O)/C=C/CC/C=C/CC/C=C/CCCCC. The summed E-state index contributed by atoms with van der Waals surface area (Å²) in [6, 6.07) is -1.08. The molecule has 226 valence electrons. The first-order valence-corrected chi connectivity index (χ1v) is 16.9. The van der Waals surface area contributed by atoms with Crippen LogP contribution in [-0.2, 0) is 14.9 Å². The van der Waals surface area contributed by atoms with Crippen LogP contribution in [-0.4, -0.2) is 41.9 Å². The molecule has 0 aromatic carbocycles. The van der Waals surface area contributed by atoms with Crippen LogP contribution >= 0.6 is 0 Å². The number of allylic oxidation sites excluding steroid dienone is 7. The monoisotopic (exact) mass is 567 g/mol. The van der Waals surface area contributed by atoms with Crippen LogP contribution in [0.25, 0.3) is 0 Å². The van der Waals surface area contributed by atoms with Crippen molar-refractivity contribution in [3.8, 4) is 0 Å². The molecule has 6 nitrogen and oxygen atoms in total. The second-order valence-corrected chi connectivity index (χ2v) is 11.9. The number of carbonyl (C=O) groups excluding carboxylic acids is 1.